The van der Waals surface area contributed by atoms with Gasteiger partial charge in [0.05, 0.1) is 0 Å². The van der Waals surface area contributed by atoms with Crippen molar-refractivity contribution in [1.29, 1.82) is 0 Å². The number of amidine groups is 2. The minimum atomic E-state index is 0.0134. The number of hydrogen-bond donors (Lipinski definition) is 4. The van der Waals surface area contributed by atoms with E-state index in [9.17, 15) is 0 Å². The molecule has 13 heavy (non-hydrogen) atoms. The molecule has 0 saturated heterocycles. The molecule has 0 aliphatic heterocycles. The van der Waals surface area contributed by atoms with Crippen LogP contribution >= 0.6 is 0 Å². The first-order valence-electron chi connectivity index (χ1n) is 3.74. The molecule has 6 nitrogen and oxygen atoms in total. The Labute approximate surface area is 76.2 Å². The average Bonchev–Trinajstić information content (AvgIpc) is 2.15. The zero-order valence-electron chi connectivity index (χ0n) is 7.27. The molecule has 0 amide bonds. The zero-order valence-corrected chi connectivity index (χ0v) is 7.27. The van der Waals surface area contributed by atoms with E-state index in [0.29, 0.717) is 24.8 Å². The number of hydrogen-bond acceptors (Lipinski definition) is 4. The van der Waals surface area contributed by atoms with Gasteiger partial charge < -0.3 is 21.9 Å². The van der Waals surface area contributed by atoms with Gasteiger partial charge in [-0.15, -0.1) is 0 Å². The summed E-state index contributed by atoms with van der Waals surface area (Å²) >= 11 is 0. The Bertz CT molecular complexity index is 235. The van der Waals surface area contributed by atoms with Gasteiger partial charge in [-0.25, -0.2) is 0 Å². The average molecular weight is 186 g/mol. The molecule has 0 bridgehead atoms. The van der Waals surface area contributed by atoms with E-state index in [1.807, 2.05) is 0 Å². The Balaban J connectivity index is 3.73. The molecule has 0 aromatic heterocycles. The van der Waals surface area contributed by atoms with Gasteiger partial charge in [0.2, 0.25) is 0 Å². The second-order valence-electron chi connectivity index (χ2n) is 2.53. The van der Waals surface area contributed by atoms with Crippen molar-refractivity contribution in [3.05, 3.63) is 12.2 Å². The lowest BCUT2D eigenvalue weighted by Gasteiger charge is -2.02. The maximum absolute atomic E-state index is 8.27. The summed E-state index contributed by atoms with van der Waals surface area (Å²) in [6, 6.07) is 0. The summed E-state index contributed by atoms with van der Waals surface area (Å²) in [7, 11) is 0. The molecular weight excluding hydrogens is 172 g/mol. The van der Waals surface area contributed by atoms with Gasteiger partial charge >= 0.3 is 0 Å². The summed E-state index contributed by atoms with van der Waals surface area (Å²) < 4.78 is 0. The van der Waals surface area contributed by atoms with Crippen LogP contribution < -0.4 is 11.5 Å². The van der Waals surface area contributed by atoms with E-state index < -0.39 is 0 Å². The van der Waals surface area contributed by atoms with Crippen LogP contribution in [0.2, 0.25) is 0 Å². The first-order valence-corrected chi connectivity index (χ1v) is 3.74. The van der Waals surface area contributed by atoms with Crippen LogP contribution in [0, 0.1) is 0 Å². The van der Waals surface area contributed by atoms with E-state index in [2.05, 4.69) is 16.9 Å². The minimum absolute atomic E-state index is 0.0134. The van der Waals surface area contributed by atoms with Gasteiger partial charge in [0, 0.05) is 6.42 Å². The van der Waals surface area contributed by atoms with Crippen LogP contribution in [0.5, 0.6) is 0 Å². The van der Waals surface area contributed by atoms with Crippen LogP contribution in [-0.2, 0) is 0 Å². The van der Waals surface area contributed by atoms with Crippen LogP contribution in [0.15, 0.2) is 22.5 Å². The van der Waals surface area contributed by atoms with Crippen molar-refractivity contribution >= 4 is 11.7 Å². The van der Waals surface area contributed by atoms with E-state index in [0.717, 1.165) is 0 Å². The van der Waals surface area contributed by atoms with Gasteiger partial charge in [0.1, 0.15) is 5.84 Å². The third-order valence-corrected chi connectivity index (χ3v) is 1.51. The molecule has 0 heterocycles. The molecule has 0 spiro atoms. The van der Waals surface area contributed by atoms with Gasteiger partial charge in [-0.2, -0.15) is 0 Å². The maximum atomic E-state index is 8.27. The zero-order chi connectivity index (χ0) is 10.3. The van der Waals surface area contributed by atoms with Gasteiger partial charge in [-0.1, -0.05) is 16.9 Å². The predicted octanol–water partition coefficient (Wildman–Crippen LogP) is 0.206. The molecule has 0 saturated carbocycles. The highest BCUT2D eigenvalue weighted by Crippen LogP contribution is 2.04. The Morgan fingerprint density at radius 2 is 1.77 bits per heavy atom. The fourth-order valence-electron chi connectivity index (χ4n) is 0.732. The summed E-state index contributed by atoms with van der Waals surface area (Å²) in [6.45, 7) is 3.59. The Kier molecular flexibility index (Phi) is 5.09. The molecule has 0 rings (SSSR count). The van der Waals surface area contributed by atoms with Crippen LogP contribution in [0.1, 0.15) is 19.3 Å². The van der Waals surface area contributed by atoms with Crippen molar-refractivity contribution < 1.29 is 10.4 Å². The van der Waals surface area contributed by atoms with Crippen molar-refractivity contribution in [3.8, 4) is 0 Å². The van der Waals surface area contributed by atoms with Crippen LogP contribution in [0.4, 0.5) is 0 Å². The molecule has 6 heteroatoms. The number of rotatable bonds is 5. The van der Waals surface area contributed by atoms with Crippen molar-refractivity contribution in [3.63, 3.8) is 0 Å². The quantitative estimate of drug-likeness (QED) is 0.212. The summed E-state index contributed by atoms with van der Waals surface area (Å²) in [5.41, 5.74) is 11.0. The van der Waals surface area contributed by atoms with Gasteiger partial charge in [-0.3, -0.25) is 0 Å². The molecule has 0 unspecified atom stereocenters. The van der Waals surface area contributed by atoms with Crippen molar-refractivity contribution in [2.45, 2.75) is 19.3 Å². The standard InChI is InChI=1S/C7H14N4O2/c1-5(7(9)11-13)3-2-4-6(8)10-12/h12-13H,1-4H2,(H2,8,10)(H2,9,11). The summed E-state index contributed by atoms with van der Waals surface area (Å²) in [4.78, 5) is 0. The second-order valence-corrected chi connectivity index (χ2v) is 2.53. The van der Waals surface area contributed by atoms with E-state index in [4.69, 9.17) is 21.9 Å². The molecule has 0 radical (unpaired) electrons. The Morgan fingerprint density at radius 1 is 1.15 bits per heavy atom. The molecule has 0 aromatic carbocycles. The molecule has 0 atom stereocenters. The third kappa shape index (κ3) is 4.67. The molecule has 0 aliphatic carbocycles. The maximum Gasteiger partial charge on any atom is 0.165 e. The molecule has 0 aliphatic rings. The third-order valence-electron chi connectivity index (χ3n) is 1.51. The van der Waals surface area contributed by atoms with Crippen molar-refractivity contribution in [2.24, 2.45) is 21.8 Å². The smallest absolute Gasteiger partial charge is 0.165 e. The number of nitrogens with zero attached hydrogens (tertiary/aromatic N) is 2. The van der Waals surface area contributed by atoms with Gasteiger partial charge in [0.25, 0.3) is 0 Å². The van der Waals surface area contributed by atoms with E-state index in [1.165, 1.54) is 0 Å². The van der Waals surface area contributed by atoms with Gasteiger partial charge in [-0.05, 0) is 18.4 Å². The fraction of sp³-hybridized carbons (Fsp3) is 0.429. The minimum Gasteiger partial charge on any atom is -0.409 e. The summed E-state index contributed by atoms with van der Waals surface area (Å²) in [5, 5.41) is 22.1. The SMILES string of the molecule is C=C(CCC/C(N)=N/O)/C(N)=N/O. The highest BCUT2D eigenvalue weighted by Gasteiger charge is 2.01. The van der Waals surface area contributed by atoms with Gasteiger partial charge in [0.15, 0.2) is 5.84 Å². The lowest BCUT2D eigenvalue weighted by atomic mass is 10.1. The first kappa shape index (κ1) is 11.3. The second kappa shape index (κ2) is 5.87. The van der Waals surface area contributed by atoms with Crippen LogP contribution in [-0.4, -0.2) is 22.1 Å². The largest absolute Gasteiger partial charge is 0.409 e. The van der Waals surface area contributed by atoms with E-state index in [1.54, 1.807) is 0 Å². The predicted molar refractivity (Wildman–Crippen MR) is 49.8 cm³/mol. The topological polar surface area (TPSA) is 117 Å². The van der Waals surface area contributed by atoms with Crippen molar-refractivity contribution in [2.75, 3.05) is 0 Å². The molecule has 0 fully saturated rings. The highest BCUT2D eigenvalue weighted by atomic mass is 16.4. The van der Waals surface area contributed by atoms with E-state index >= 15 is 0 Å². The molecule has 0 aromatic rings. The monoisotopic (exact) mass is 186 g/mol. The fourth-order valence-corrected chi connectivity index (χ4v) is 0.732. The van der Waals surface area contributed by atoms with Crippen molar-refractivity contribution in [1.82, 2.24) is 0 Å². The van der Waals surface area contributed by atoms with Crippen LogP contribution in [0.25, 0.3) is 0 Å². The Hall–Kier alpha value is -1.72. The summed E-state index contributed by atoms with van der Waals surface area (Å²) in [5.74, 6) is 0.173. The molecule has 74 valence electrons. The lowest BCUT2D eigenvalue weighted by Crippen LogP contribution is -2.15. The Morgan fingerprint density at radius 3 is 2.23 bits per heavy atom. The summed E-state index contributed by atoms with van der Waals surface area (Å²) in [6.07, 6.45) is 1.64. The number of nitrogens with two attached hydrogens (primary N) is 2. The van der Waals surface area contributed by atoms with E-state index in [-0.39, 0.29) is 11.7 Å². The number of oxime groups is 2. The molecule has 6 N–H and O–H groups in total. The molecular formula is C7H14N4O2. The lowest BCUT2D eigenvalue weighted by molar-refractivity contribution is 0.316. The normalized spacial score (nSPS) is 12.9. The first-order chi connectivity index (χ1) is 6.11. The highest BCUT2D eigenvalue weighted by molar-refractivity contribution is 5.95. The van der Waals surface area contributed by atoms with Crippen LogP contribution in [0.3, 0.4) is 0 Å².